The van der Waals surface area contributed by atoms with Crippen LogP contribution in [0.15, 0.2) is 0 Å². The van der Waals surface area contributed by atoms with Gasteiger partial charge in [-0.3, -0.25) is 0 Å². The molecule has 0 aromatic rings. The third-order valence-corrected chi connectivity index (χ3v) is 2.42. The van der Waals surface area contributed by atoms with E-state index in [4.69, 9.17) is 5.11 Å². The summed E-state index contributed by atoms with van der Waals surface area (Å²) >= 11 is 0. The maximum atomic E-state index is 9.88. The Morgan fingerprint density at radius 1 is 1.43 bits per heavy atom. The lowest BCUT2D eigenvalue weighted by molar-refractivity contribution is 0.0472. The van der Waals surface area contributed by atoms with Crippen molar-refractivity contribution in [1.82, 2.24) is 5.32 Å². The Kier molecular flexibility index (Phi) is 7.15. The minimum absolute atomic E-state index is 0.247. The van der Waals surface area contributed by atoms with Crippen molar-refractivity contribution in [2.75, 3.05) is 13.2 Å². The monoisotopic (exact) mass is 203 g/mol. The van der Waals surface area contributed by atoms with E-state index in [0.717, 1.165) is 25.7 Å². The molecule has 0 aliphatic rings. The van der Waals surface area contributed by atoms with E-state index in [1.807, 2.05) is 6.92 Å². The molecule has 0 aliphatic heterocycles. The summed E-state index contributed by atoms with van der Waals surface area (Å²) < 4.78 is 0. The number of hydrogen-bond acceptors (Lipinski definition) is 3. The fraction of sp³-hybridized carbons (Fsp3) is 1.00. The highest BCUT2D eigenvalue weighted by Crippen LogP contribution is 2.10. The molecule has 0 spiro atoms. The van der Waals surface area contributed by atoms with Gasteiger partial charge in [0.25, 0.3) is 0 Å². The molecule has 86 valence electrons. The molecule has 0 bridgehead atoms. The average Bonchev–Trinajstić information content (AvgIpc) is 2.11. The van der Waals surface area contributed by atoms with Crippen molar-refractivity contribution in [3.63, 3.8) is 0 Å². The molecule has 0 aliphatic carbocycles. The lowest BCUT2D eigenvalue weighted by Gasteiger charge is -2.25. The van der Waals surface area contributed by atoms with Crippen LogP contribution in [-0.4, -0.2) is 35.0 Å². The SMILES string of the molecule is CCCC(C)(O)CNC(C)CCCO. The maximum absolute atomic E-state index is 9.88. The van der Waals surface area contributed by atoms with Crippen LogP contribution in [0, 0.1) is 0 Å². The molecule has 14 heavy (non-hydrogen) atoms. The van der Waals surface area contributed by atoms with Gasteiger partial charge in [-0.05, 0) is 33.1 Å². The Morgan fingerprint density at radius 2 is 2.07 bits per heavy atom. The molecule has 0 saturated carbocycles. The zero-order chi connectivity index (χ0) is 11.0. The van der Waals surface area contributed by atoms with Crippen LogP contribution >= 0.6 is 0 Å². The highest BCUT2D eigenvalue weighted by molar-refractivity contribution is 4.76. The van der Waals surface area contributed by atoms with E-state index >= 15 is 0 Å². The third-order valence-electron chi connectivity index (χ3n) is 2.42. The Morgan fingerprint density at radius 3 is 2.57 bits per heavy atom. The van der Waals surface area contributed by atoms with E-state index in [-0.39, 0.29) is 6.61 Å². The number of nitrogens with one attached hydrogen (secondary N) is 1. The van der Waals surface area contributed by atoms with Gasteiger partial charge < -0.3 is 15.5 Å². The first-order valence-corrected chi connectivity index (χ1v) is 5.58. The van der Waals surface area contributed by atoms with Crippen LogP contribution in [0.25, 0.3) is 0 Å². The highest BCUT2D eigenvalue weighted by Gasteiger charge is 2.19. The van der Waals surface area contributed by atoms with Gasteiger partial charge in [-0.2, -0.15) is 0 Å². The summed E-state index contributed by atoms with van der Waals surface area (Å²) in [6.45, 7) is 6.90. The van der Waals surface area contributed by atoms with Gasteiger partial charge in [-0.15, -0.1) is 0 Å². The standard InChI is InChI=1S/C11H25NO2/c1-4-7-11(3,14)9-12-10(2)6-5-8-13/h10,12-14H,4-9H2,1-3H3. The smallest absolute Gasteiger partial charge is 0.0743 e. The zero-order valence-electron chi connectivity index (χ0n) is 9.71. The minimum Gasteiger partial charge on any atom is -0.396 e. The lowest BCUT2D eigenvalue weighted by atomic mass is 10.00. The van der Waals surface area contributed by atoms with E-state index in [1.165, 1.54) is 0 Å². The second kappa shape index (κ2) is 7.21. The van der Waals surface area contributed by atoms with Crippen LogP contribution in [0.2, 0.25) is 0 Å². The average molecular weight is 203 g/mol. The van der Waals surface area contributed by atoms with Crippen molar-refractivity contribution >= 4 is 0 Å². The number of rotatable bonds is 8. The molecule has 2 atom stereocenters. The van der Waals surface area contributed by atoms with Crippen molar-refractivity contribution in [3.05, 3.63) is 0 Å². The molecule has 3 heteroatoms. The van der Waals surface area contributed by atoms with Crippen LogP contribution < -0.4 is 5.32 Å². The van der Waals surface area contributed by atoms with Crippen LogP contribution in [0.4, 0.5) is 0 Å². The predicted octanol–water partition coefficient (Wildman–Crippen LogP) is 1.29. The summed E-state index contributed by atoms with van der Waals surface area (Å²) in [4.78, 5) is 0. The van der Waals surface area contributed by atoms with E-state index in [1.54, 1.807) is 0 Å². The molecule has 0 heterocycles. The summed E-state index contributed by atoms with van der Waals surface area (Å²) in [5, 5.41) is 21.8. The van der Waals surface area contributed by atoms with Crippen LogP contribution in [0.3, 0.4) is 0 Å². The van der Waals surface area contributed by atoms with E-state index < -0.39 is 5.60 Å². The number of aliphatic hydroxyl groups excluding tert-OH is 1. The van der Waals surface area contributed by atoms with E-state index in [2.05, 4.69) is 19.2 Å². The van der Waals surface area contributed by atoms with Crippen LogP contribution in [0.5, 0.6) is 0 Å². The first-order valence-electron chi connectivity index (χ1n) is 5.58. The lowest BCUT2D eigenvalue weighted by Crippen LogP contribution is -2.41. The molecule has 0 aromatic heterocycles. The molecule has 3 N–H and O–H groups in total. The molecule has 0 aromatic carbocycles. The minimum atomic E-state index is -0.595. The van der Waals surface area contributed by atoms with Crippen LogP contribution in [-0.2, 0) is 0 Å². The molecule has 0 fully saturated rings. The zero-order valence-corrected chi connectivity index (χ0v) is 9.71. The Balaban J connectivity index is 3.58. The summed E-state index contributed by atoms with van der Waals surface area (Å²) in [5.41, 5.74) is -0.595. The van der Waals surface area contributed by atoms with Crippen LogP contribution in [0.1, 0.15) is 46.5 Å². The maximum Gasteiger partial charge on any atom is 0.0743 e. The van der Waals surface area contributed by atoms with Crippen molar-refractivity contribution < 1.29 is 10.2 Å². The van der Waals surface area contributed by atoms with Gasteiger partial charge in [0.1, 0.15) is 0 Å². The molecule has 3 nitrogen and oxygen atoms in total. The molecular formula is C11H25NO2. The molecule has 0 amide bonds. The first-order chi connectivity index (χ1) is 6.52. The predicted molar refractivity (Wildman–Crippen MR) is 59.3 cm³/mol. The Hall–Kier alpha value is -0.120. The van der Waals surface area contributed by atoms with Gasteiger partial charge >= 0.3 is 0 Å². The fourth-order valence-corrected chi connectivity index (χ4v) is 1.52. The largest absolute Gasteiger partial charge is 0.396 e. The van der Waals surface area contributed by atoms with Crippen molar-refractivity contribution in [2.24, 2.45) is 0 Å². The van der Waals surface area contributed by atoms with Crippen molar-refractivity contribution in [1.29, 1.82) is 0 Å². The van der Waals surface area contributed by atoms with Gasteiger partial charge in [0, 0.05) is 19.2 Å². The van der Waals surface area contributed by atoms with E-state index in [0.29, 0.717) is 12.6 Å². The molecule has 0 rings (SSSR count). The molecule has 0 radical (unpaired) electrons. The second-order valence-electron chi connectivity index (χ2n) is 4.39. The van der Waals surface area contributed by atoms with Gasteiger partial charge in [-0.1, -0.05) is 13.3 Å². The van der Waals surface area contributed by atoms with Gasteiger partial charge in [-0.25, -0.2) is 0 Å². The molecular weight excluding hydrogens is 178 g/mol. The highest BCUT2D eigenvalue weighted by atomic mass is 16.3. The number of hydrogen-bond donors (Lipinski definition) is 3. The Bertz CT molecular complexity index is 137. The van der Waals surface area contributed by atoms with Crippen molar-refractivity contribution in [2.45, 2.75) is 58.1 Å². The summed E-state index contributed by atoms with van der Waals surface area (Å²) in [5.74, 6) is 0. The molecule has 2 unspecified atom stereocenters. The number of aliphatic hydroxyl groups is 2. The van der Waals surface area contributed by atoms with Gasteiger partial charge in [0.2, 0.25) is 0 Å². The summed E-state index contributed by atoms with van der Waals surface area (Å²) in [6.07, 6.45) is 3.61. The first kappa shape index (κ1) is 13.9. The van der Waals surface area contributed by atoms with Gasteiger partial charge in [0.05, 0.1) is 5.60 Å². The third kappa shape index (κ3) is 7.30. The summed E-state index contributed by atoms with van der Waals surface area (Å²) in [6, 6.07) is 0.366. The van der Waals surface area contributed by atoms with Crippen molar-refractivity contribution in [3.8, 4) is 0 Å². The topological polar surface area (TPSA) is 52.5 Å². The van der Waals surface area contributed by atoms with E-state index in [9.17, 15) is 5.11 Å². The summed E-state index contributed by atoms with van der Waals surface area (Å²) in [7, 11) is 0. The molecule has 0 saturated heterocycles. The quantitative estimate of drug-likeness (QED) is 0.557. The second-order valence-corrected chi connectivity index (χ2v) is 4.39. The van der Waals surface area contributed by atoms with Gasteiger partial charge in [0.15, 0.2) is 0 Å². The normalized spacial score (nSPS) is 17.8. The fourth-order valence-electron chi connectivity index (χ4n) is 1.52. The Labute approximate surface area is 87.5 Å².